The van der Waals surface area contributed by atoms with Crippen LogP contribution in [0.15, 0.2) is 12.4 Å². The van der Waals surface area contributed by atoms with Crippen LogP contribution in [0.3, 0.4) is 0 Å². The van der Waals surface area contributed by atoms with E-state index in [1.54, 1.807) is 6.07 Å². The van der Waals surface area contributed by atoms with Crippen LogP contribution in [0.4, 0.5) is 11.6 Å². The highest BCUT2D eigenvalue weighted by molar-refractivity contribution is 5.81. The fraction of sp³-hybridized carbons (Fsp3) is 0.286. The lowest BCUT2D eigenvalue weighted by atomic mass is 10.4. The van der Waals surface area contributed by atoms with Crippen LogP contribution in [0.2, 0.25) is 0 Å². The van der Waals surface area contributed by atoms with Crippen molar-refractivity contribution in [1.29, 1.82) is 0 Å². The maximum absolute atomic E-state index is 11.4. The summed E-state index contributed by atoms with van der Waals surface area (Å²) in [7, 11) is 0. The summed E-state index contributed by atoms with van der Waals surface area (Å²) >= 11 is 0. The summed E-state index contributed by atoms with van der Waals surface area (Å²) in [6.07, 6.45) is 11.4. The molecule has 8 nitrogen and oxygen atoms in total. The van der Waals surface area contributed by atoms with Gasteiger partial charge in [-0.05, 0) is 0 Å². The van der Waals surface area contributed by atoms with Crippen molar-refractivity contribution >= 4 is 23.5 Å². The molecule has 1 rings (SSSR count). The first-order chi connectivity index (χ1) is 10.7. The molecule has 0 aliphatic carbocycles. The Morgan fingerprint density at radius 2 is 1.41 bits per heavy atom. The van der Waals surface area contributed by atoms with Crippen molar-refractivity contribution in [2.45, 2.75) is 0 Å². The Labute approximate surface area is 128 Å². The smallest absolute Gasteiger partial charge is 0.240 e. The van der Waals surface area contributed by atoms with Gasteiger partial charge in [-0.15, -0.1) is 12.8 Å². The van der Waals surface area contributed by atoms with Crippen LogP contribution in [0.25, 0.3) is 0 Å². The summed E-state index contributed by atoms with van der Waals surface area (Å²) in [6.45, 7) is 0.398. The van der Waals surface area contributed by atoms with E-state index in [9.17, 15) is 9.59 Å². The van der Waals surface area contributed by atoms with E-state index in [4.69, 9.17) is 12.8 Å². The van der Waals surface area contributed by atoms with E-state index < -0.39 is 0 Å². The zero-order chi connectivity index (χ0) is 16.2. The molecule has 0 aliphatic heterocycles. The van der Waals surface area contributed by atoms with E-state index in [-0.39, 0.29) is 38.0 Å². The monoisotopic (exact) mass is 300 g/mol. The zero-order valence-corrected chi connectivity index (χ0v) is 11.8. The number of nitrogens with zero attached hydrogens (tertiary/aromatic N) is 2. The van der Waals surface area contributed by atoms with Crippen LogP contribution in [-0.2, 0) is 9.59 Å². The number of nitrogens with one attached hydrogen (secondary N) is 4. The second-order valence-corrected chi connectivity index (χ2v) is 3.96. The first-order valence-corrected chi connectivity index (χ1v) is 6.35. The molecule has 22 heavy (non-hydrogen) atoms. The molecular weight excluding hydrogens is 284 g/mol. The second kappa shape index (κ2) is 9.61. The van der Waals surface area contributed by atoms with Crippen LogP contribution in [-0.4, -0.2) is 48.0 Å². The summed E-state index contributed by atoms with van der Waals surface area (Å²) in [6, 6.07) is 1.57. The highest BCUT2D eigenvalue weighted by Gasteiger charge is 2.04. The number of hydrogen-bond acceptors (Lipinski definition) is 6. The van der Waals surface area contributed by atoms with Crippen LogP contribution in [0, 0.1) is 24.7 Å². The number of carbonyl (C=O) groups excluding carboxylic acids is 2. The van der Waals surface area contributed by atoms with Crippen molar-refractivity contribution in [2.75, 3.05) is 36.8 Å². The average molecular weight is 300 g/mol. The highest BCUT2D eigenvalue weighted by Crippen LogP contribution is 2.07. The minimum atomic E-state index is -0.250. The second-order valence-electron chi connectivity index (χ2n) is 3.96. The molecule has 1 heterocycles. The highest BCUT2D eigenvalue weighted by atomic mass is 16.2. The quantitative estimate of drug-likeness (QED) is 0.449. The van der Waals surface area contributed by atoms with Crippen LogP contribution in [0.5, 0.6) is 0 Å². The first kappa shape index (κ1) is 16.8. The number of anilines is 2. The molecule has 0 fully saturated rings. The normalized spacial score (nSPS) is 9.00. The van der Waals surface area contributed by atoms with Crippen molar-refractivity contribution in [1.82, 2.24) is 20.6 Å². The first-order valence-electron chi connectivity index (χ1n) is 6.35. The molecule has 0 saturated heterocycles. The largest absolute Gasteiger partial charge is 0.361 e. The molecule has 0 saturated carbocycles. The molecule has 0 radical (unpaired) electrons. The van der Waals surface area contributed by atoms with Gasteiger partial charge in [0.15, 0.2) is 0 Å². The lowest BCUT2D eigenvalue weighted by molar-refractivity contribution is -0.120. The van der Waals surface area contributed by atoms with E-state index in [0.29, 0.717) is 11.6 Å². The van der Waals surface area contributed by atoms with Gasteiger partial charge in [0, 0.05) is 6.07 Å². The minimum absolute atomic E-state index is 0.0286. The summed E-state index contributed by atoms with van der Waals surface area (Å²) in [4.78, 5) is 30.7. The molecule has 0 bridgehead atoms. The third-order valence-electron chi connectivity index (χ3n) is 2.30. The Kier molecular flexibility index (Phi) is 7.34. The van der Waals surface area contributed by atoms with Gasteiger partial charge in [-0.1, -0.05) is 11.8 Å². The maximum Gasteiger partial charge on any atom is 0.240 e. The Morgan fingerprint density at radius 1 is 0.955 bits per heavy atom. The molecule has 114 valence electrons. The van der Waals surface area contributed by atoms with Crippen molar-refractivity contribution in [3.8, 4) is 24.7 Å². The SMILES string of the molecule is C#CCNC(=O)CNc1cc(NCC(=O)NCC#C)ncn1. The van der Waals surface area contributed by atoms with Crippen molar-refractivity contribution in [3.05, 3.63) is 12.4 Å². The number of hydrogen-bond donors (Lipinski definition) is 4. The van der Waals surface area contributed by atoms with Crippen LogP contribution in [0.1, 0.15) is 0 Å². The molecule has 8 heteroatoms. The molecule has 0 atom stereocenters. The van der Waals surface area contributed by atoms with Crippen LogP contribution < -0.4 is 21.3 Å². The Balaban J connectivity index is 2.42. The summed E-state index contributed by atoms with van der Waals surface area (Å²) in [5.41, 5.74) is 0. The molecule has 4 N–H and O–H groups in total. The average Bonchev–Trinajstić information content (AvgIpc) is 2.54. The van der Waals surface area contributed by atoms with Gasteiger partial charge in [-0.3, -0.25) is 9.59 Å². The van der Waals surface area contributed by atoms with Crippen LogP contribution >= 0.6 is 0 Å². The zero-order valence-electron chi connectivity index (χ0n) is 11.8. The lowest BCUT2D eigenvalue weighted by Crippen LogP contribution is -2.30. The molecular formula is C14H16N6O2. The lowest BCUT2D eigenvalue weighted by Gasteiger charge is -2.08. The number of amides is 2. The summed E-state index contributed by atoms with van der Waals surface area (Å²) < 4.78 is 0. The molecule has 0 spiro atoms. The van der Waals surface area contributed by atoms with Gasteiger partial charge in [0.2, 0.25) is 11.8 Å². The minimum Gasteiger partial charge on any atom is -0.361 e. The topological polar surface area (TPSA) is 108 Å². The number of aromatic nitrogens is 2. The maximum atomic E-state index is 11.4. The predicted molar refractivity (Wildman–Crippen MR) is 82.7 cm³/mol. The van der Waals surface area contributed by atoms with E-state index in [1.807, 2.05) is 0 Å². The standard InChI is InChI=1S/C14H16N6O2/c1-3-5-15-13(21)8-17-11-7-12(20-10-19-11)18-9-14(22)16-6-4-2/h1-2,7,10H,5-6,8-9H2,(H,15,21)(H,16,22)(H2,17,18,19,20). The van der Waals surface area contributed by atoms with Gasteiger partial charge in [-0.2, -0.15) is 0 Å². The Bertz CT molecular complexity index is 553. The fourth-order valence-corrected chi connectivity index (χ4v) is 1.32. The number of terminal acetylenes is 2. The van der Waals surface area contributed by atoms with Gasteiger partial charge in [0.25, 0.3) is 0 Å². The molecule has 0 aliphatic rings. The van der Waals surface area contributed by atoms with Crippen molar-refractivity contribution in [3.63, 3.8) is 0 Å². The number of rotatable bonds is 8. The van der Waals surface area contributed by atoms with E-state index >= 15 is 0 Å². The van der Waals surface area contributed by atoms with Gasteiger partial charge in [-0.25, -0.2) is 9.97 Å². The van der Waals surface area contributed by atoms with E-state index in [2.05, 4.69) is 43.1 Å². The predicted octanol–water partition coefficient (Wildman–Crippen LogP) is -1.20. The number of carbonyl (C=O) groups is 2. The summed E-state index contributed by atoms with van der Waals surface area (Å²) in [5, 5.41) is 10.7. The molecule has 0 aromatic carbocycles. The third kappa shape index (κ3) is 6.78. The van der Waals surface area contributed by atoms with Gasteiger partial charge < -0.3 is 21.3 Å². The summed E-state index contributed by atoms with van der Waals surface area (Å²) in [5.74, 6) is 4.99. The molecule has 2 amide bonds. The fourth-order valence-electron chi connectivity index (χ4n) is 1.32. The van der Waals surface area contributed by atoms with E-state index in [0.717, 1.165) is 0 Å². The van der Waals surface area contributed by atoms with Gasteiger partial charge >= 0.3 is 0 Å². The molecule has 1 aromatic rings. The van der Waals surface area contributed by atoms with Gasteiger partial charge in [0.1, 0.15) is 18.0 Å². The molecule has 1 aromatic heterocycles. The Hall–Kier alpha value is -3.26. The Morgan fingerprint density at radius 3 is 1.82 bits per heavy atom. The van der Waals surface area contributed by atoms with Gasteiger partial charge in [0.05, 0.1) is 26.2 Å². The van der Waals surface area contributed by atoms with Crippen molar-refractivity contribution in [2.24, 2.45) is 0 Å². The van der Waals surface area contributed by atoms with E-state index in [1.165, 1.54) is 6.33 Å². The molecule has 0 unspecified atom stereocenters. The van der Waals surface area contributed by atoms with Crippen molar-refractivity contribution < 1.29 is 9.59 Å². The third-order valence-corrected chi connectivity index (χ3v) is 2.30.